The van der Waals surface area contributed by atoms with Crippen molar-refractivity contribution in [2.75, 3.05) is 10.8 Å². The van der Waals surface area contributed by atoms with Crippen LogP contribution in [0.4, 0.5) is 5.69 Å². The molecule has 0 bridgehead atoms. The van der Waals surface area contributed by atoms with Gasteiger partial charge in [-0.05, 0) is 60.7 Å². The van der Waals surface area contributed by atoms with Crippen LogP contribution < -0.4 is 10.2 Å². The number of benzene rings is 2. The fraction of sp³-hybridized carbons (Fsp3) is 0.391. The lowest BCUT2D eigenvalue weighted by molar-refractivity contribution is -0.126. The van der Waals surface area contributed by atoms with Crippen molar-refractivity contribution in [2.45, 2.75) is 44.7 Å². The molecule has 0 aliphatic heterocycles. The van der Waals surface area contributed by atoms with Gasteiger partial charge in [0.1, 0.15) is 11.9 Å². The van der Waals surface area contributed by atoms with Gasteiger partial charge in [0.2, 0.25) is 11.8 Å². The van der Waals surface area contributed by atoms with E-state index in [1.165, 1.54) is 11.3 Å². The van der Waals surface area contributed by atoms with E-state index in [0.29, 0.717) is 27.2 Å². The van der Waals surface area contributed by atoms with Gasteiger partial charge < -0.3 is 5.32 Å². The standard InChI is InChI=1S/C23H25Cl3N2O2/c1-15-4-2-3-5-20(15)27-23(30)22(16-6-8-17(25)9-7-16)28(21(29)14-24)19-12-10-18(26)11-13-19/h6-13,15,20,22H,2-5,14H2,1H3,(H,27,30)/t15-,20-,22-/m1/s1. The van der Waals surface area contributed by atoms with Gasteiger partial charge in [-0.1, -0.05) is 55.1 Å². The second-order valence-corrected chi connectivity index (χ2v) is 8.84. The summed E-state index contributed by atoms with van der Waals surface area (Å²) in [6, 6.07) is 13.0. The SMILES string of the molecule is C[C@@H]1CCCC[C@H]1NC(=O)[C@@H](c1ccc(Cl)cc1)N(C(=O)CCl)c1ccc(Cl)cc1. The second kappa shape index (κ2) is 10.5. The molecule has 3 atom stereocenters. The fourth-order valence-electron chi connectivity index (χ4n) is 3.96. The van der Waals surface area contributed by atoms with Crippen molar-refractivity contribution in [2.24, 2.45) is 5.92 Å². The van der Waals surface area contributed by atoms with Crippen LogP contribution in [0.2, 0.25) is 10.0 Å². The first-order valence-electron chi connectivity index (χ1n) is 10.1. The Morgan fingerprint density at radius 1 is 1.00 bits per heavy atom. The number of hydrogen-bond acceptors (Lipinski definition) is 2. The maximum atomic E-state index is 13.5. The van der Waals surface area contributed by atoms with Crippen LogP contribution in [0.3, 0.4) is 0 Å². The lowest BCUT2D eigenvalue weighted by atomic mass is 9.85. The first-order valence-corrected chi connectivity index (χ1v) is 11.4. The van der Waals surface area contributed by atoms with Crippen LogP contribution in [-0.4, -0.2) is 23.7 Å². The molecule has 1 fully saturated rings. The van der Waals surface area contributed by atoms with Crippen molar-refractivity contribution in [3.8, 4) is 0 Å². The third kappa shape index (κ3) is 5.48. The zero-order chi connectivity index (χ0) is 21.7. The average molecular weight is 468 g/mol. The molecule has 1 saturated carbocycles. The Labute approximate surface area is 192 Å². The minimum atomic E-state index is -0.871. The number of carbonyl (C=O) groups is 2. The number of nitrogens with one attached hydrogen (secondary N) is 1. The van der Waals surface area contributed by atoms with Gasteiger partial charge in [-0.25, -0.2) is 0 Å². The highest BCUT2D eigenvalue weighted by atomic mass is 35.5. The number of hydrogen-bond donors (Lipinski definition) is 1. The van der Waals surface area contributed by atoms with Gasteiger partial charge in [-0.15, -0.1) is 11.6 Å². The van der Waals surface area contributed by atoms with Crippen molar-refractivity contribution in [1.29, 1.82) is 0 Å². The van der Waals surface area contributed by atoms with Gasteiger partial charge >= 0.3 is 0 Å². The van der Waals surface area contributed by atoms with Crippen LogP contribution in [0, 0.1) is 5.92 Å². The maximum Gasteiger partial charge on any atom is 0.248 e. The Bertz CT molecular complexity index is 871. The minimum absolute atomic E-state index is 0.0826. The molecule has 2 aromatic carbocycles. The number of carbonyl (C=O) groups excluding carboxylic acids is 2. The van der Waals surface area contributed by atoms with Crippen LogP contribution >= 0.6 is 34.8 Å². The van der Waals surface area contributed by atoms with Crippen molar-refractivity contribution in [1.82, 2.24) is 5.32 Å². The smallest absolute Gasteiger partial charge is 0.248 e. The number of alkyl halides is 1. The van der Waals surface area contributed by atoms with Crippen LogP contribution in [0.25, 0.3) is 0 Å². The Morgan fingerprint density at radius 3 is 2.13 bits per heavy atom. The summed E-state index contributed by atoms with van der Waals surface area (Å²) in [7, 11) is 0. The van der Waals surface area contributed by atoms with Gasteiger partial charge in [0.15, 0.2) is 0 Å². The highest BCUT2D eigenvalue weighted by molar-refractivity contribution is 6.31. The molecule has 0 heterocycles. The normalized spacial score (nSPS) is 19.7. The monoisotopic (exact) mass is 466 g/mol. The summed E-state index contributed by atoms with van der Waals surface area (Å²) < 4.78 is 0. The zero-order valence-corrected chi connectivity index (χ0v) is 19.1. The van der Waals surface area contributed by atoms with Gasteiger partial charge in [-0.3, -0.25) is 14.5 Å². The predicted octanol–water partition coefficient (Wildman–Crippen LogP) is 6.00. The lowest BCUT2D eigenvalue weighted by Crippen LogP contribution is -2.49. The molecule has 3 rings (SSSR count). The molecule has 2 aromatic rings. The molecular weight excluding hydrogens is 443 g/mol. The van der Waals surface area contributed by atoms with Crippen molar-refractivity contribution < 1.29 is 9.59 Å². The maximum absolute atomic E-state index is 13.5. The van der Waals surface area contributed by atoms with Crippen molar-refractivity contribution >= 4 is 52.3 Å². The number of nitrogens with zero attached hydrogens (tertiary/aromatic N) is 1. The molecule has 4 nitrogen and oxygen atoms in total. The summed E-state index contributed by atoms with van der Waals surface area (Å²) in [6.07, 6.45) is 4.28. The second-order valence-electron chi connectivity index (χ2n) is 7.70. The molecule has 0 aromatic heterocycles. The third-order valence-corrected chi connectivity index (χ3v) is 6.35. The summed E-state index contributed by atoms with van der Waals surface area (Å²) in [5.41, 5.74) is 1.21. The molecule has 0 unspecified atom stereocenters. The molecular formula is C23H25Cl3N2O2. The Kier molecular flexibility index (Phi) is 8.04. The summed E-state index contributed by atoms with van der Waals surface area (Å²) in [4.78, 5) is 27.9. The van der Waals surface area contributed by atoms with Crippen molar-refractivity contribution in [3.05, 3.63) is 64.1 Å². The third-order valence-electron chi connectivity index (χ3n) is 5.62. The van der Waals surface area contributed by atoms with E-state index in [1.807, 2.05) is 0 Å². The first-order chi connectivity index (χ1) is 14.4. The average Bonchev–Trinajstić information content (AvgIpc) is 2.75. The van der Waals surface area contributed by atoms with E-state index >= 15 is 0 Å². The van der Waals surface area contributed by atoms with E-state index in [1.54, 1.807) is 48.5 Å². The molecule has 1 aliphatic carbocycles. The molecule has 2 amide bonds. The van der Waals surface area contributed by atoms with Crippen LogP contribution in [0.15, 0.2) is 48.5 Å². The van der Waals surface area contributed by atoms with Crippen LogP contribution in [0.5, 0.6) is 0 Å². The highest BCUT2D eigenvalue weighted by Crippen LogP contribution is 2.31. The Balaban J connectivity index is 2.01. The summed E-state index contributed by atoms with van der Waals surface area (Å²) in [5.74, 6) is -0.462. The van der Waals surface area contributed by atoms with E-state index in [2.05, 4.69) is 12.2 Å². The highest BCUT2D eigenvalue weighted by Gasteiger charge is 2.34. The summed E-state index contributed by atoms with van der Waals surface area (Å²) in [6.45, 7) is 2.16. The Hall–Kier alpha value is -1.75. The van der Waals surface area contributed by atoms with Crippen LogP contribution in [-0.2, 0) is 9.59 Å². The quantitative estimate of drug-likeness (QED) is 0.530. The van der Waals surface area contributed by atoms with Gasteiger partial charge in [0, 0.05) is 21.8 Å². The largest absolute Gasteiger partial charge is 0.351 e. The lowest BCUT2D eigenvalue weighted by Gasteiger charge is -2.35. The van der Waals surface area contributed by atoms with Crippen LogP contribution in [0.1, 0.15) is 44.2 Å². The molecule has 1 aliphatic rings. The van der Waals surface area contributed by atoms with E-state index in [4.69, 9.17) is 34.8 Å². The fourth-order valence-corrected chi connectivity index (χ4v) is 4.34. The van der Waals surface area contributed by atoms with E-state index in [0.717, 1.165) is 19.3 Å². The van der Waals surface area contributed by atoms with Crippen molar-refractivity contribution in [3.63, 3.8) is 0 Å². The zero-order valence-electron chi connectivity index (χ0n) is 16.8. The van der Waals surface area contributed by atoms with E-state index in [-0.39, 0.29) is 23.7 Å². The van der Waals surface area contributed by atoms with E-state index < -0.39 is 6.04 Å². The molecule has 0 spiro atoms. The van der Waals surface area contributed by atoms with Gasteiger partial charge in [0.25, 0.3) is 0 Å². The topological polar surface area (TPSA) is 49.4 Å². The molecule has 7 heteroatoms. The Morgan fingerprint density at radius 2 is 1.57 bits per heavy atom. The van der Waals surface area contributed by atoms with Gasteiger partial charge in [0.05, 0.1) is 0 Å². The molecule has 0 saturated heterocycles. The molecule has 160 valence electrons. The van der Waals surface area contributed by atoms with Gasteiger partial charge in [-0.2, -0.15) is 0 Å². The number of anilines is 1. The number of rotatable bonds is 6. The molecule has 0 radical (unpaired) electrons. The summed E-state index contributed by atoms with van der Waals surface area (Å²) in [5, 5.41) is 4.29. The first kappa shape index (κ1) is 22.9. The number of amides is 2. The number of halogens is 3. The summed E-state index contributed by atoms with van der Waals surface area (Å²) >= 11 is 18.0. The molecule has 30 heavy (non-hydrogen) atoms. The predicted molar refractivity (Wildman–Crippen MR) is 123 cm³/mol. The molecule has 1 N–H and O–H groups in total. The van der Waals surface area contributed by atoms with E-state index in [9.17, 15) is 9.59 Å². The minimum Gasteiger partial charge on any atom is -0.351 e.